The third-order valence-electron chi connectivity index (χ3n) is 4.45. The summed E-state index contributed by atoms with van der Waals surface area (Å²) in [7, 11) is 0. The standard InChI is InChI=1S/C19H19NO3/c21-18(14-9-11-15(12-10-14)19(22)23)20-17-8-4-7-16(17)13-5-2-1-3-6-13/h1-3,5-6,9-12,16-17H,4,7-8H2,(H,20,21)(H,22,23)/t16-,17+/m0/s1. The predicted molar refractivity (Wildman–Crippen MR) is 87.7 cm³/mol. The van der Waals surface area contributed by atoms with Crippen LogP contribution in [0.2, 0.25) is 0 Å². The molecular weight excluding hydrogens is 290 g/mol. The van der Waals surface area contributed by atoms with E-state index in [9.17, 15) is 9.59 Å². The number of amides is 1. The zero-order valence-electron chi connectivity index (χ0n) is 12.7. The molecule has 2 aromatic carbocycles. The van der Waals surface area contributed by atoms with Gasteiger partial charge in [0.2, 0.25) is 0 Å². The molecule has 0 spiro atoms. The molecule has 118 valence electrons. The average molecular weight is 309 g/mol. The van der Waals surface area contributed by atoms with Crippen molar-refractivity contribution in [3.05, 3.63) is 71.3 Å². The highest BCUT2D eigenvalue weighted by atomic mass is 16.4. The fourth-order valence-electron chi connectivity index (χ4n) is 3.25. The summed E-state index contributed by atoms with van der Waals surface area (Å²) in [5, 5.41) is 12.0. The summed E-state index contributed by atoms with van der Waals surface area (Å²) in [4.78, 5) is 23.3. The van der Waals surface area contributed by atoms with Crippen LogP contribution in [0.1, 0.15) is 51.5 Å². The summed E-state index contributed by atoms with van der Waals surface area (Å²) in [6.07, 6.45) is 3.15. The quantitative estimate of drug-likeness (QED) is 0.909. The van der Waals surface area contributed by atoms with Crippen molar-refractivity contribution in [3.8, 4) is 0 Å². The molecule has 4 heteroatoms. The smallest absolute Gasteiger partial charge is 0.335 e. The highest BCUT2D eigenvalue weighted by Crippen LogP contribution is 2.34. The normalized spacial score (nSPS) is 20.2. The van der Waals surface area contributed by atoms with Crippen LogP contribution in [-0.4, -0.2) is 23.0 Å². The second-order valence-electron chi connectivity index (χ2n) is 5.91. The van der Waals surface area contributed by atoms with Crippen LogP contribution < -0.4 is 5.32 Å². The zero-order chi connectivity index (χ0) is 16.2. The molecule has 2 N–H and O–H groups in total. The molecule has 0 heterocycles. The lowest BCUT2D eigenvalue weighted by molar-refractivity contribution is 0.0696. The molecule has 4 nitrogen and oxygen atoms in total. The van der Waals surface area contributed by atoms with Gasteiger partial charge in [0.25, 0.3) is 5.91 Å². The molecule has 1 saturated carbocycles. The summed E-state index contributed by atoms with van der Waals surface area (Å²) < 4.78 is 0. The van der Waals surface area contributed by atoms with Crippen LogP contribution in [0.3, 0.4) is 0 Å². The number of hydrogen-bond acceptors (Lipinski definition) is 2. The zero-order valence-corrected chi connectivity index (χ0v) is 12.7. The Balaban J connectivity index is 1.70. The second-order valence-corrected chi connectivity index (χ2v) is 5.91. The fourth-order valence-corrected chi connectivity index (χ4v) is 3.25. The Morgan fingerprint density at radius 2 is 1.57 bits per heavy atom. The Labute approximate surface area is 135 Å². The number of carbonyl (C=O) groups is 2. The molecule has 2 atom stereocenters. The summed E-state index contributed by atoms with van der Waals surface area (Å²) in [6.45, 7) is 0. The van der Waals surface area contributed by atoms with Crippen LogP contribution >= 0.6 is 0 Å². The highest BCUT2D eigenvalue weighted by Gasteiger charge is 2.29. The van der Waals surface area contributed by atoms with E-state index in [0.717, 1.165) is 19.3 Å². The molecule has 2 aromatic rings. The lowest BCUT2D eigenvalue weighted by Crippen LogP contribution is -2.36. The minimum atomic E-state index is -0.989. The number of nitrogens with one attached hydrogen (secondary N) is 1. The number of benzene rings is 2. The Morgan fingerprint density at radius 1 is 0.913 bits per heavy atom. The largest absolute Gasteiger partial charge is 0.478 e. The number of hydrogen-bond donors (Lipinski definition) is 2. The first kappa shape index (κ1) is 15.3. The molecule has 1 aliphatic rings. The summed E-state index contributed by atoms with van der Waals surface area (Å²) in [5.74, 6) is -0.787. The molecular formula is C19H19NO3. The molecule has 0 bridgehead atoms. The summed E-state index contributed by atoms with van der Waals surface area (Å²) in [6, 6.07) is 16.4. The van der Waals surface area contributed by atoms with Crippen LogP contribution in [0.5, 0.6) is 0 Å². The maximum atomic E-state index is 12.4. The first-order chi connectivity index (χ1) is 11.1. The van der Waals surface area contributed by atoms with Gasteiger partial charge < -0.3 is 10.4 Å². The SMILES string of the molecule is O=C(O)c1ccc(C(=O)N[C@@H]2CCC[C@H]2c2ccccc2)cc1. The highest BCUT2D eigenvalue weighted by molar-refractivity contribution is 5.96. The maximum Gasteiger partial charge on any atom is 0.335 e. The van der Waals surface area contributed by atoms with E-state index in [1.165, 1.54) is 17.7 Å². The minimum Gasteiger partial charge on any atom is -0.478 e. The molecule has 0 aromatic heterocycles. The van der Waals surface area contributed by atoms with Gasteiger partial charge in [-0.15, -0.1) is 0 Å². The van der Waals surface area contributed by atoms with Gasteiger partial charge in [-0.05, 0) is 42.7 Å². The number of rotatable bonds is 4. The van der Waals surface area contributed by atoms with Gasteiger partial charge in [-0.25, -0.2) is 4.79 Å². The first-order valence-corrected chi connectivity index (χ1v) is 7.84. The monoisotopic (exact) mass is 309 g/mol. The van der Waals surface area contributed by atoms with Crippen molar-refractivity contribution >= 4 is 11.9 Å². The van der Waals surface area contributed by atoms with Crippen molar-refractivity contribution in [1.29, 1.82) is 0 Å². The third kappa shape index (κ3) is 3.42. The Hall–Kier alpha value is -2.62. The fraction of sp³-hybridized carbons (Fsp3) is 0.263. The molecule has 0 saturated heterocycles. The number of carboxylic acid groups (broad SMARTS) is 1. The van der Waals surface area contributed by atoms with Gasteiger partial charge in [0.15, 0.2) is 0 Å². The number of aromatic carboxylic acids is 1. The Morgan fingerprint density at radius 3 is 2.22 bits per heavy atom. The molecule has 1 fully saturated rings. The molecule has 0 unspecified atom stereocenters. The van der Waals surface area contributed by atoms with Crippen molar-refractivity contribution in [2.24, 2.45) is 0 Å². The molecule has 23 heavy (non-hydrogen) atoms. The van der Waals surface area contributed by atoms with Gasteiger partial charge in [-0.3, -0.25) is 4.79 Å². The van der Waals surface area contributed by atoms with Gasteiger partial charge in [0, 0.05) is 17.5 Å². The van der Waals surface area contributed by atoms with E-state index in [4.69, 9.17) is 5.11 Å². The third-order valence-corrected chi connectivity index (χ3v) is 4.45. The van der Waals surface area contributed by atoms with E-state index in [1.54, 1.807) is 12.1 Å². The van der Waals surface area contributed by atoms with Crippen molar-refractivity contribution in [1.82, 2.24) is 5.32 Å². The van der Waals surface area contributed by atoms with Crippen molar-refractivity contribution in [2.45, 2.75) is 31.2 Å². The maximum absolute atomic E-state index is 12.4. The topological polar surface area (TPSA) is 66.4 Å². The van der Waals surface area contributed by atoms with Gasteiger partial charge in [0.1, 0.15) is 0 Å². The minimum absolute atomic E-state index is 0.129. The van der Waals surface area contributed by atoms with Gasteiger partial charge >= 0.3 is 5.97 Å². The van der Waals surface area contributed by atoms with Gasteiger partial charge in [-0.2, -0.15) is 0 Å². The second kappa shape index (κ2) is 6.65. The van der Waals surface area contributed by atoms with Crippen LogP contribution in [0, 0.1) is 0 Å². The lowest BCUT2D eigenvalue weighted by Gasteiger charge is -2.21. The van der Waals surface area contributed by atoms with Crippen LogP contribution in [0.15, 0.2) is 54.6 Å². The average Bonchev–Trinajstić information content (AvgIpc) is 3.04. The van der Waals surface area contributed by atoms with E-state index in [2.05, 4.69) is 17.4 Å². The van der Waals surface area contributed by atoms with E-state index in [-0.39, 0.29) is 17.5 Å². The summed E-state index contributed by atoms with van der Waals surface area (Å²) in [5.41, 5.74) is 1.94. The number of carboxylic acids is 1. The van der Waals surface area contributed by atoms with Crippen molar-refractivity contribution < 1.29 is 14.7 Å². The molecule has 1 amide bonds. The Bertz CT molecular complexity index is 694. The summed E-state index contributed by atoms with van der Waals surface area (Å²) >= 11 is 0. The van der Waals surface area contributed by atoms with Crippen LogP contribution in [-0.2, 0) is 0 Å². The predicted octanol–water partition coefficient (Wildman–Crippen LogP) is 3.45. The molecule has 3 rings (SSSR count). The molecule has 1 aliphatic carbocycles. The number of carbonyl (C=O) groups excluding carboxylic acids is 1. The molecule has 0 radical (unpaired) electrons. The van der Waals surface area contributed by atoms with E-state index in [0.29, 0.717) is 11.5 Å². The first-order valence-electron chi connectivity index (χ1n) is 7.84. The van der Waals surface area contributed by atoms with E-state index in [1.807, 2.05) is 18.2 Å². The van der Waals surface area contributed by atoms with E-state index < -0.39 is 5.97 Å². The van der Waals surface area contributed by atoms with E-state index >= 15 is 0 Å². The van der Waals surface area contributed by atoms with Crippen LogP contribution in [0.4, 0.5) is 0 Å². The van der Waals surface area contributed by atoms with Crippen molar-refractivity contribution in [2.75, 3.05) is 0 Å². The lowest BCUT2D eigenvalue weighted by atomic mass is 9.94. The van der Waals surface area contributed by atoms with Crippen molar-refractivity contribution in [3.63, 3.8) is 0 Å². The van der Waals surface area contributed by atoms with Gasteiger partial charge in [0.05, 0.1) is 5.56 Å². The molecule has 0 aliphatic heterocycles. The van der Waals surface area contributed by atoms with Gasteiger partial charge in [-0.1, -0.05) is 36.8 Å². The van der Waals surface area contributed by atoms with Crippen LogP contribution in [0.25, 0.3) is 0 Å². The Kier molecular flexibility index (Phi) is 4.42.